The lowest BCUT2D eigenvalue weighted by molar-refractivity contribution is 0.115. The van der Waals surface area contributed by atoms with Crippen LogP contribution in [-0.2, 0) is 24.0 Å². The SMILES string of the molecule is Cc1c2c(cc3c1N(C[C@@H]1CCCO1)CCC3)CCNCC2. The summed E-state index contributed by atoms with van der Waals surface area (Å²) >= 11 is 0. The molecule has 3 nitrogen and oxygen atoms in total. The van der Waals surface area contributed by atoms with E-state index in [1.54, 1.807) is 27.9 Å². The normalized spacial score (nSPS) is 24.8. The van der Waals surface area contributed by atoms with Crippen molar-refractivity contribution in [2.24, 2.45) is 0 Å². The number of aryl methyl sites for hydroxylation is 1. The maximum Gasteiger partial charge on any atom is 0.0750 e. The molecule has 0 radical (unpaired) electrons. The predicted molar refractivity (Wildman–Crippen MR) is 91.0 cm³/mol. The minimum Gasteiger partial charge on any atom is -0.376 e. The van der Waals surface area contributed by atoms with Crippen molar-refractivity contribution in [1.29, 1.82) is 0 Å². The van der Waals surface area contributed by atoms with Gasteiger partial charge in [-0.15, -0.1) is 0 Å². The first-order chi connectivity index (χ1) is 10.8. The van der Waals surface area contributed by atoms with Crippen LogP contribution in [0.2, 0.25) is 0 Å². The lowest BCUT2D eigenvalue weighted by Gasteiger charge is -2.36. The molecule has 0 aliphatic carbocycles. The highest BCUT2D eigenvalue weighted by molar-refractivity contribution is 5.65. The van der Waals surface area contributed by atoms with Crippen LogP contribution in [0.15, 0.2) is 6.07 Å². The Balaban J connectivity index is 1.68. The van der Waals surface area contributed by atoms with E-state index in [-0.39, 0.29) is 0 Å². The average Bonchev–Trinajstić information content (AvgIpc) is 2.91. The maximum atomic E-state index is 5.89. The first-order valence-corrected chi connectivity index (χ1v) is 9.04. The second kappa shape index (κ2) is 6.21. The quantitative estimate of drug-likeness (QED) is 0.908. The van der Waals surface area contributed by atoms with Gasteiger partial charge in [0.1, 0.15) is 0 Å². The van der Waals surface area contributed by atoms with E-state index in [1.165, 1.54) is 45.1 Å². The minimum atomic E-state index is 0.450. The summed E-state index contributed by atoms with van der Waals surface area (Å²) < 4.78 is 5.89. The Kier molecular flexibility index (Phi) is 4.10. The van der Waals surface area contributed by atoms with E-state index in [0.717, 1.165) is 26.2 Å². The third-order valence-electron chi connectivity index (χ3n) is 5.61. The van der Waals surface area contributed by atoms with Crippen LogP contribution < -0.4 is 10.2 Å². The van der Waals surface area contributed by atoms with Crippen LogP contribution >= 0.6 is 0 Å². The van der Waals surface area contributed by atoms with Gasteiger partial charge in [-0.1, -0.05) is 6.07 Å². The molecular formula is C19H28N2O. The second-order valence-electron chi connectivity index (χ2n) is 7.08. The summed E-state index contributed by atoms with van der Waals surface area (Å²) in [4.78, 5) is 2.63. The number of rotatable bonds is 2. The van der Waals surface area contributed by atoms with Crippen molar-refractivity contribution >= 4 is 5.69 Å². The number of anilines is 1. The predicted octanol–water partition coefficient (Wildman–Crippen LogP) is 2.61. The van der Waals surface area contributed by atoms with E-state index >= 15 is 0 Å². The zero-order valence-corrected chi connectivity index (χ0v) is 13.8. The molecule has 3 heteroatoms. The number of hydrogen-bond acceptors (Lipinski definition) is 3. The molecule has 0 aromatic heterocycles. The minimum absolute atomic E-state index is 0.450. The molecule has 3 aliphatic rings. The van der Waals surface area contributed by atoms with Gasteiger partial charge in [-0.2, -0.15) is 0 Å². The van der Waals surface area contributed by atoms with Crippen molar-refractivity contribution in [3.8, 4) is 0 Å². The Morgan fingerprint density at radius 2 is 2.09 bits per heavy atom. The first-order valence-electron chi connectivity index (χ1n) is 9.04. The van der Waals surface area contributed by atoms with E-state index in [9.17, 15) is 0 Å². The Hall–Kier alpha value is -1.06. The van der Waals surface area contributed by atoms with Gasteiger partial charge in [0.05, 0.1) is 6.10 Å². The molecule has 1 fully saturated rings. The monoisotopic (exact) mass is 300 g/mol. The van der Waals surface area contributed by atoms with E-state index in [1.807, 2.05) is 0 Å². The van der Waals surface area contributed by atoms with Gasteiger partial charge in [0.2, 0.25) is 0 Å². The summed E-state index contributed by atoms with van der Waals surface area (Å²) in [5, 5.41) is 3.55. The third-order valence-corrected chi connectivity index (χ3v) is 5.61. The summed E-state index contributed by atoms with van der Waals surface area (Å²) in [6.07, 6.45) is 7.83. The van der Waals surface area contributed by atoms with Crippen molar-refractivity contribution in [1.82, 2.24) is 5.32 Å². The molecule has 0 amide bonds. The summed E-state index contributed by atoms with van der Waals surface area (Å²) in [7, 11) is 0. The smallest absolute Gasteiger partial charge is 0.0750 e. The number of benzene rings is 1. The lowest BCUT2D eigenvalue weighted by atomic mass is 9.88. The lowest BCUT2D eigenvalue weighted by Crippen LogP contribution is -2.37. The number of nitrogens with zero attached hydrogens (tertiary/aromatic N) is 1. The van der Waals surface area contributed by atoms with Gasteiger partial charge in [0, 0.05) is 25.4 Å². The Morgan fingerprint density at radius 3 is 2.95 bits per heavy atom. The number of hydrogen-bond donors (Lipinski definition) is 1. The zero-order valence-electron chi connectivity index (χ0n) is 13.8. The molecule has 0 spiro atoms. The fraction of sp³-hybridized carbons (Fsp3) is 0.684. The largest absolute Gasteiger partial charge is 0.376 e. The van der Waals surface area contributed by atoms with Crippen molar-refractivity contribution in [3.05, 3.63) is 28.3 Å². The van der Waals surface area contributed by atoms with Crippen LogP contribution in [0.3, 0.4) is 0 Å². The van der Waals surface area contributed by atoms with Gasteiger partial charge in [-0.25, -0.2) is 0 Å². The van der Waals surface area contributed by atoms with Crippen molar-refractivity contribution in [2.45, 2.75) is 51.6 Å². The molecule has 0 bridgehead atoms. The molecular weight excluding hydrogens is 272 g/mol. The topological polar surface area (TPSA) is 24.5 Å². The molecule has 0 saturated carbocycles. The maximum absolute atomic E-state index is 5.89. The summed E-state index contributed by atoms with van der Waals surface area (Å²) in [5.74, 6) is 0. The average molecular weight is 300 g/mol. The van der Waals surface area contributed by atoms with Crippen LogP contribution in [0.5, 0.6) is 0 Å². The van der Waals surface area contributed by atoms with Crippen molar-refractivity contribution < 1.29 is 4.74 Å². The van der Waals surface area contributed by atoms with E-state index in [2.05, 4.69) is 23.2 Å². The molecule has 3 aliphatic heterocycles. The molecule has 1 aromatic rings. The van der Waals surface area contributed by atoms with E-state index in [4.69, 9.17) is 4.74 Å². The van der Waals surface area contributed by atoms with Crippen LogP contribution in [0.25, 0.3) is 0 Å². The van der Waals surface area contributed by atoms with E-state index in [0.29, 0.717) is 6.10 Å². The van der Waals surface area contributed by atoms with Crippen LogP contribution in [0.4, 0.5) is 5.69 Å². The fourth-order valence-corrected chi connectivity index (χ4v) is 4.54. The van der Waals surface area contributed by atoms with Gasteiger partial charge < -0.3 is 15.0 Å². The Bertz CT molecular complexity index is 549. The molecule has 120 valence electrons. The van der Waals surface area contributed by atoms with Crippen LogP contribution in [0.1, 0.15) is 41.5 Å². The first kappa shape index (κ1) is 14.5. The molecule has 4 rings (SSSR count). The standard InChI is InChI=1S/C19H28N2O/c1-14-18-7-9-20-8-6-15(18)12-16-4-2-10-21(19(14)16)13-17-5-3-11-22-17/h12,17,20H,2-11,13H2,1H3/t17-/m0/s1. The summed E-state index contributed by atoms with van der Waals surface area (Å²) in [6, 6.07) is 2.52. The highest BCUT2D eigenvalue weighted by Crippen LogP contribution is 2.36. The molecule has 0 unspecified atom stereocenters. The van der Waals surface area contributed by atoms with E-state index < -0.39 is 0 Å². The zero-order chi connectivity index (χ0) is 14.9. The van der Waals surface area contributed by atoms with Gasteiger partial charge in [-0.3, -0.25) is 0 Å². The highest BCUT2D eigenvalue weighted by atomic mass is 16.5. The van der Waals surface area contributed by atoms with Gasteiger partial charge in [0.25, 0.3) is 0 Å². The molecule has 22 heavy (non-hydrogen) atoms. The van der Waals surface area contributed by atoms with Crippen LogP contribution in [0, 0.1) is 6.92 Å². The van der Waals surface area contributed by atoms with Gasteiger partial charge >= 0.3 is 0 Å². The third kappa shape index (κ3) is 2.65. The molecule has 1 N–H and O–H groups in total. The number of fused-ring (bicyclic) bond motifs is 2. The summed E-state index contributed by atoms with van der Waals surface area (Å²) in [5.41, 5.74) is 7.89. The Morgan fingerprint density at radius 1 is 1.18 bits per heavy atom. The second-order valence-corrected chi connectivity index (χ2v) is 7.08. The van der Waals surface area contributed by atoms with Crippen LogP contribution in [-0.4, -0.2) is 38.9 Å². The Labute approximate surface area is 134 Å². The van der Waals surface area contributed by atoms with Gasteiger partial charge in [-0.05, 0) is 80.8 Å². The van der Waals surface area contributed by atoms with Crippen molar-refractivity contribution in [2.75, 3.05) is 37.7 Å². The van der Waals surface area contributed by atoms with Crippen molar-refractivity contribution in [3.63, 3.8) is 0 Å². The molecule has 1 atom stereocenters. The number of ether oxygens (including phenoxy) is 1. The molecule has 1 aromatic carbocycles. The molecule has 3 heterocycles. The highest BCUT2D eigenvalue weighted by Gasteiger charge is 2.26. The van der Waals surface area contributed by atoms with Gasteiger partial charge in [0.15, 0.2) is 0 Å². The molecule has 1 saturated heterocycles. The fourth-order valence-electron chi connectivity index (χ4n) is 4.54. The summed E-state index contributed by atoms with van der Waals surface area (Å²) in [6.45, 7) is 7.86. The number of nitrogens with one attached hydrogen (secondary N) is 1.